The van der Waals surface area contributed by atoms with Gasteiger partial charge in [-0.05, 0) is 44.7 Å². The maximum atomic E-state index is 12.5. The van der Waals surface area contributed by atoms with E-state index in [1.165, 1.54) is 0 Å². The van der Waals surface area contributed by atoms with Crippen LogP contribution < -0.4 is 21.3 Å². The molecule has 2 atom stereocenters. The van der Waals surface area contributed by atoms with E-state index < -0.39 is 41.6 Å². The zero-order chi connectivity index (χ0) is 31.2. The Balaban J connectivity index is 1.51. The molecule has 0 saturated carbocycles. The van der Waals surface area contributed by atoms with Gasteiger partial charge in [-0.1, -0.05) is 60.7 Å². The zero-order valence-electron chi connectivity index (χ0n) is 24.4. The fourth-order valence-electron chi connectivity index (χ4n) is 3.93. The van der Waals surface area contributed by atoms with Crippen LogP contribution in [0.2, 0.25) is 0 Å². The number of guanidine groups is 1. The number of ether oxygens (including phenoxy) is 3. The summed E-state index contributed by atoms with van der Waals surface area (Å²) >= 11 is 0. The monoisotopic (exact) mass is 595 g/mol. The molecule has 3 rings (SSSR count). The summed E-state index contributed by atoms with van der Waals surface area (Å²) in [7, 11) is 0. The number of hydrogen-bond donors (Lipinski definition) is 4. The van der Waals surface area contributed by atoms with Crippen molar-refractivity contribution in [2.45, 2.75) is 58.5 Å². The molecule has 1 heterocycles. The van der Waals surface area contributed by atoms with Crippen LogP contribution in [0.4, 0.5) is 9.59 Å². The number of nitrogens with zero attached hydrogens (tertiary/aromatic N) is 1. The number of carbonyl (C=O) groups excluding carboxylic acids is 5. The minimum atomic E-state index is -0.842. The van der Waals surface area contributed by atoms with E-state index in [1.807, 2.05) is 36.4 Å². The van der Waals surface area contributed by atoms with Crippen LogP contribution in [-0.4, -0.2) is 60.7 Å². The second-order valence-corrected chi connectivity index (χ2v) is 10.6. The maximum absolute atomic E-state index is 12.5. The van der Waals surface area contributed by atoms with Gasteiger partial charge in [-0.2, -0.15) is 0 Å². The minimum absolute atomic E-state index is 0.00653. The summed E-state index contributed by atoms with van der Waals surface area (Å²) in [6.45, 7) is 4.95. The summed E-state index contributed by atoms with van der Waals surface area (Å²) in [4.78, 5) is 65.5. The number of nitrogens with one attached hydrogen (secondary N) is 4. The first-order valence-corrected chi connectivity index (χ1v) is 13.8. The van der Waals surface area contributed by atoms with Crippen LogP contribution in [0, 0.1) is 5.92 Å². The van der Waals surface area contributed by atoms with Gasteiger partial charge in [0.05, 0.1) is 5.92 Å². The number of β-lactam (4-membered cyclic amide) rings is 1. The molecule has 4 N–H and O–H groups in total. The number of esters is 1. The quantitative estimate of drug-likeness (QED) is 0.0766. The van der Waals surface area contributed by atoms with Crippen LogP contribution in [0.25, 0.3) is 0 Å². The highest BCUT2D eigenvalue weighted by atomic mass is 16.6. The van der Waals surface area contributed by atoms with Gasteiger partial charge in [0.15, 0.2) is 0 Å². The number of hydrogen-bond acceptors (Lipinski definition) is 9. The number of amides is 4. The number of alkyl carbamates (subject to hydrolysis) is 2. The third kappa shape index (κ3) is 11.8. The minimum Gasteiger partial charge on any atom is -0.459 e. The normalized spacial score (nSPS) is 15.6. The second-order valence-electron chi connectivity index (χ2n) is 10.6. The summed E-state index contributed by atoms with van der Waals surface area (Å²) in [6.07, 6.45) is -1.04. The molecule has 1 saturated heterocycles. The van der Waals surface area contributed by atoms with Gasteiger partial charge < -0.3 is 24.8 Å². The first-order valence-electron chi connectivity index (χ1n) is 13.8. The maximum Gasteiger partial charge on any atom is 0.414 e. The zero-order valence-corrected chi connectivity index (χ0v) is 24.4. The molecule has 43 heavy (non-hydrogen) atoms. The fourth-order valence-corrected chi connectivity index (χ4v) is 3.93. The fraction of sp³-hybridized carbons (Fsp3) is 0.400. The van der Waals surface area contributed by atoms with Crippen molar-refractivity contribution in [2.75, 3.05) is 13.1 Å². The molecule has 1 unspecified atom stereocenters. The Labute approximate surface area is 249 Å². The van der Waals surface area contributed by atoms with E-state index in [2.05, 4.69) is 26.3 Å². The molecular formula is C30H37N5O8. The van der Waals surface area contributed by atoms with Gasteiger partial charge in [0, 0.05) is 6.54 Å². The lowest BCUT2D eigenvalue weighted by atomic mass is 9.86. The van der Waals surface area contributed by atoms with Crippen molar-refractivity contribution in [2.24, 2.45) is 10.9 Å². The first kappa shape index (κ1) is 32.6. The number of aliphatic imine (C=N–C) groups is 1. The first-order chi connectivity index (χ1) is 20.5. The van der Waals surface area contributed by atoms with Crippen molar-refractivity contribution in [3.8, 4) is 0 Å². The Kier molecular flexibility index (Phi) is 12.0. The molecule has 13 heteroatoms. The average Bonchev–Trinajstić information content (AvgIpc) is 2.96. The van der Waals surface area contributed by atoms with Crippen molar-refractivity contribution in [1.82, 2.24) is 21.3 Å². The van der Waals surface area contributed by atoms with Crippen molar-refractivity contribution >= 4 is 35.9 Å². The predicted molar refractivity (Wildman–Crippen MR) is 155 cm³/mol. The van der Waals surface area contributed by atoms with Gasteiger partial charge in [0.2, 0.25) is 17.8 Å². The summed E-state index contributed by atoms with van der Waals surface area (Å²) in [6, 6.07) is 17.3. The van der Waals surface area contributed by atoms with Crippen LogP contribution in [0.5, 0.6) is 0 Å². The molecule has 2 aromatic rings. The van der Waals surface area contributed by atoms with Gasteiger partial charge in [0.1, 0.15) is 31.4 Å². The highest BCUT2D eigenvalue weighted by Gasteiger charge is 2.43. The molecule has 1 aliphatic rings. The molecule has 1 aliphatic heterocycles. The lowest BCUT2D eigenvalue weighted by Gasteiger charge is -2.35. The van der Waals surface area contributed by atoms with E-state index in [0.717, 1.165) is 11.1 Å². The van der Waals surface area contributed by atoms with Crippen LogP contribution in [0.3, 0.4) is 0 Å². The third-order valence-corrected chi connectivity index (χ3v) is 5.96. The molecule has 230 valence electrons. The van der Waals surface area contributed by atoms with Gasteiger partial charge in [-0.25, -0.2) is 9.59 Å². The van der Waals surface area contributed by atoms with Crippen LogP contribution in [0.1, 0.15) is 44.7 Å². The number of benzene rings is 2. The van der Waals surface area contributed by atoms with E-state index in [9.17, 15) is 24.0 Å². The third-order valence-electron chi connectivity index (χ3n) is 5.96. The lowest BCUT2D eigenvalue weighted by Crippen LogP contribution is -2.64. The van der Waals surface area contributed by atoms with Crippen molar-refractivity contribution in [3.63, 3.8) is 0 Å². The van der Waals surface area contributed by atoms with Gasteiger partial charge in [0.25, 0.3) is 0 Å². The van der Waals surface area contributed by atoms with Crippen LogP contribution >= 0.6 is 0 Å². The predicted octanol–water partition coefficient (Wildman–Crippen LogP) is 2.55. The lowest BCUT2D eigenvalue weighted by molar-refractivity contribution is -0.155. The van der Waals surface area contributed by atoms with E-state index in [0.29, 0.717) is 12.8 Å². The van der Waals surface area contributed by atoms with Gasteiger partial charge in [-0.3, -0.25) is 30.0 Å². The molecule has 13 nitrogen and oxygen atoms in total. The molecular weight excluding hydrogens is 558 g/mol. The molecule has 2 aromatic carbocycles. The van der Waals surface area contributed by atoms with Gasteiger partial charge >= 0.3 is 18.2 Å². The Hall–Kier alpha value is -4.94. The summed E-state index contributed by atoms with van der Waals surface area (Å²) in [5.74, 6) is -2.20. The Bertz CT molecular complexity index is 1240. The van der Waals surface area contributed by atoms with Crippen LogP contribution in [-0.2, 0) is 41.8 Å². The van der Waals surface area contributed by atoms with E-state index in [-0.39, 0.29) is 38.2 Å². The van der Waals surface area contributed by atoms with Crippen molar-refractivity contribution < 1.29 is 38.2 Å². The molecule has 0 bridgehead atoms. The Morgan fingerprint density at radius 1 is 0.860 bits per heavy atom. The Morgan fingerprint density at radius 2 is 1.40 bits per heavy atom. The number of carbonyl (C=O) groups is 5. The standard InChI is InChI=1S/C30H37N5O8/c1-30(2,3)43-23(36)17-32-26(38)24-22(25(37)33-24)15-10-16-31-27(34-28(39)41-18-20-11-6-4-7-12-20)35-29(40)42-19-21-13-8-5-9-14-21/h4-9,11-14,22,24H,10,15-19H2,1-3H3,(H,32,38)(H,33,37)(H2,31,34,35,39,40)/t22-,24?/m1/s1. The van der Waals surface area contributed by atoms with E-state index in [1.54, 1.807) is 45.0 Å². The van der Waals surface area contributed by atoms with E-state index >= 15 is 0 Å². The van der Waals surface area contributed by atoms with Crippen LogP contribution in [0.15, 0.2) is 65.7 Å². The topological polar surface area (TPSA) is 174 Å². The average molecular weight is 596 g/mol. The van der Waals surface area contributed by atoms with Crippen molar-refractivity contribution in [1.29, 1.82) is 0 Å². The molecule has 4 amide bonds. The highest BCUT2D eigenvalue weighted by molar-refractivity contribution is 6.01. The molecule has 0 radical (unpaired) electrons. The number of rotatable bonds is 11. The summed E-state index contributed by atoms with van der Waals surface area (Å²) < 4.78 is 15.6. The smallest absolute Gasteiger partial charge is 0.414 e. The summed E-state index contributed by atoms with van der Waals surface area (Å²) in [5.41, 5.74) is 0.861. The molecule has 1 fully saturated rings. The largest absolute Gasteiger partial charge is 0.459 e. The van der Waals surface area contributed by atoms with Crippen molar-refractivity contribution in [3.05, 3.63) is 71.8 Å². The van der Waals surface area contributed by atoms with E-state index in [4.69, 9.17) is 14.2 Å². The molecule has 0 aromatic heterocycles. The highest BCUT2D eigenvalue weighted by Crippen LogP contribution is 2.21. The molecule has 0 spiro atoms. The second kappa shape index (κ2) is 15.9. The van der Waals surface area contributed by atoms with Gasteiger partial charge in [-0.15, -0.1) is 0 Å². The Morgan fingerprint density at radius 3 is 1.88 bits per heavy atom. The SMILES string of the molecule is CC(C)(C)OC(=O)CNC(=O)C1NC(=O)[C@@H]1CCCN=C(NC(=O)OCc1ccccc1)NC(=O)OCc1ccccc1. The summed E-state index contributed by atoms with van der Waals surface area (Å²) in [5, 5.41) is 9.82. The molecule has 0 aliphatic carbocycles.